The number of benzene rings is 1. The maximum absolute atomic E-state index is 12.2. The number of anilines is 1. The standard InChI is InChI=1S/C13H21N5O/c1-10-3-4-11(12(9-10)15-14)13(19)16-18-7-5-17(2)6-8-18/h3-4,9,15H,5-8,14H2,1-2H3,(H,16,19). The number of hydrogen-bond donors (Lipinski definition) is 3. The van der Waals surface area contributed by atoms with Gasteiger partial charge in [0.05, 0.1) is 11.3 Å². The summed E-state index contributed by atoms with van der Waals surface area (Å²) in [6.07, 6.45) is 0. The lowest BCUT2D eigenvalue weighted by Crippen LogP contribution is -2.52. The highest BCUT2D eigenvalue weighted by atomic mass is 16.2. The van der Waals surface area contributed by atoms with Crippen molar-refractivity contribution < 1.29 is 4.79 Å². The van der Waals surface area contributed by atoms with E-state index in [0.29, 0.717) is 11.3 Å². The fraction of sp³-hybridized carbons (Fsp3) is 0.462. The Labute approximate surface area is 113 Å². The molecule has 0 aromatic heterocycles. The molecule has 1 amide bonds. The number of nitrogens with zero attached hydrogens (tertiary/aromatic N) is 2. The maximum Gasteiger partial charge on any atom is 0.267 e. The molecule has 0 bridgehead atoms. The molecule has 1 saturated heterocycles. The van der Waals surface area contributed by atoms with Crippen molar-refractivity contribution in [2.75, 3.05) is 38.7 Å². The summed E-state index contributed by atoms with van der Waals surface area (Å²) in [6, 6.07) is 5.55. The van der Waals surface area contributed by atoms with Gasteiger partial charge in [-0.1, -0.05) is 6.07 Å². The molecule has 19 heavy (non-hydrogen) atoms. The normalized spacial score (nSPS) is 17.2. The lowest BCUT2D eigenvalue weighted by molar-refractivity contribution is 0.0663. The predicted molar refractivity (Wildman–Crippen MR) is 75.5 cm³/mol. The van der Waals surface area contributed by atoms with E-state index in [2.05, 4.69) is 22.8 Å². The Morgan fingerprint density at radius 3 is 2.58 bits per heavy atom. The lowest BCUT2D eigenvalue weighted by atomic mass is 10.1. The zero-order chi connectivity index (χ0) is 13.8. The van der Waals surface area contributed by atoms with Gasteiger partial charge >= 0.3 is 0 Å². The highest BCUT2D eigenvalue weighted by Crippen LogP contribution is 2.16. The highest BCUT2D eigenvalue weighted by Gasteiger charge is 2.18. The van der Waals surface area contributed by atoms with Gasteiger partial charge in [-0.15, -0.1) is 0 Å². The van der Waals surface area contributed by atoms with Crippen molar-refractivity contribution in [2.45, 2.75) is 6.92 Å². The molecule has 1 fully saturated rings. The molecule has 2 rings (SSSR count). The van der Waals surface area contributed by atoms with Crippen LogP contribution < -0.4 is 16.7 Å². The first-order valence-electron chi connectivity index (χ1n) is 6.42. The van der Waals surface area contributed by atoms with Gasteiger partial charge in [0.2, 0.25) is 0 Å². The zero-order valence-electron chi connectivity index (χ0n) is 11.4. The largest absolute Gasteiger partial charge is 0.323 e. The minimum Gasteiger partial charge on any atom is -0.323 e. The summed E-state index contributed by atoms with van der Waals surface area (Å²) >= 11 is 0. The number of hydrogen-bond acceptors (Lipinski definition) is 5. The van der Waals surface area contributed by atoms with Crippen LogP contribution >= 0.6 is 0 Å². The monoisotopic (exact) mass is 263 g/mol. The van der Waals surface area contributed by atoms with E-state index < -0.39 is 0 Å². The van der Waals surface area contributed by atoms with Gasteiger partial charge in [0.15, 0.2) is 0 Å². The second-order valence-electron chi connectivity index (χ2n) is 4.92. The molecular weight excluding hydrogens is 242 g/mol. The summed E-state index contributed by atoms with van der Waals surface area (Å²) in [4.78, 5) is 14.5. The third kappa shape index (κ3) is 3.44. The van der Waals surface area contributed by atoms with Crippen LogP contribution in [-0.4, -0.2) is 49.0 Å². The quantitative estimate of drug-likeness (QED) is 0.535. The van der Waals surface area contributed by atoms with E-state index in [1.54, 1.807) is 6.07 Å². The average molecular weight is 263 g/mol. The highest BCUT2D eigenvalue weighted by molar-refractivity contribution is 5.99. The second kappa shape index (κ2) is 6.01. The van der Waals surface area contributed by atoms with E-state index >= 15 is 0 Å². The molecule has 0 saturated carbocycles. The van der Waals surface area contributed by atoms with Crippen LogP contribution in [0.25, 0.3) is 0 Å². The number of nitrogens with two attached hydrogens (primary N) is 1. The van der Waals surface area contributed by atoms with Crippen molar-refractivity contribution in [3.05, 3.63) is 29.3 Å². The van der Waals surface area contributed by atoms with Crippen LogP contribution in [0.2, 0.25) is 0 Å². The molecule has 1 aromatic carbocycles. The molecular formula is C13H21N5O. The van der Waals surface area contributed by atoms with Crippen molar-refractivity contribution in [1.82, 2.24) is 15.3 Å². The number of nitrogens with one attached hydrogen (secondary N) is 2. The number of carbonyl (C=O) groups is 1. The Morgan fingerprint density at radius 2 is 1.95 bits per heavy atom. The number of carbonyl (C=O) groups excluding carboxylic acids is 1. The van der Waals surface area contributed by atoms with Crippen molar-refractivity contribution in [3.63, 3.8) is 0 Å². The maximum atomic E-state index is 12.2. The van der Waals surface area contributed by atoms with Crippen LogP contribution in [0.3, 0.4) is 0 Å². The van der Waals surface area contributed by atoms with E-state index in [1.807, 2.05) is 24.1 Å². The molecule has 1 aromatic rings. The molecule has 0 spiro atoms. The van der Waals surface area contributed by atoms with Crippen LogP contribution in [0.4, 0.5) is 5.69 Å². The van der Waals surface area contributed by atoms with Gasteiger partial charge in [0, 0.05) is 26.2 Å². The van der Waals surface area contributed by atoms with E-state index in [-0.39, 0.29) is 5.91 Å². The first kappa shape index (κ1) is 13.8. The van der Waals surface area contributed by atoms with E-state index in [1.165, 1.54) is 0 Å². The van der Waals surface area contributed by atoms with Crippen molar-refractivity contribution in [2.24, 2.45) is 5.84 Å². The summed E-state index contributed by atoms with van der Waals surface area (Å²) in [5, 5.41) is 1.95. The number of aryl methyl sites for hydroxylation is 1. The van der Waals surface area contributed by atoms with Crippen molar-refractivity contribution in [1.29, 1.82) is 0 Å². The molecule has 1 aliphatic heterocycles. The van der Waals surface area contributed by atoms with Gasteiger partial charge in [0.1, 0.15) is 0 Å². The van der Waals surface area contributed by atoms with E-state index in [0.717, 1.165) is 31.7 Å². The molecule has 4 N–H and O–H groups in total. The number of piperazine rings is 1. The van der Waals surface area contributed by atoms with Crippen LogP contribution in [0.5, 0.6) is 0 Å². The summed E-state index contributed by atoms with van der Waals surface area (Å²) in [5.41, 5.74) is 7.76. The smallest absolute Gasteiger partial charge is 0.267 e. The molecule has 1 heterocycles. The predicted octanol–water partition coefficient (Wildman–Crippen LogP) is 0.173. The Morgan fingerprint density at radius 1 is 1.26 bits per heavy atom. The molecule has 1 aliphatic rings. The number of rotatable bonds is 3. The first-order chi connectivity index (χ1) is 9.10. The molecule has 104 valence electrons. The SMILES string of the molecule is Cc1ccc(C(=O)NN2CCN(C)CC2)c(NN)c1. The van der Waals surface area contributed by atoms with Gasteiger partial charge in [0.25, 0.3) is 5.91 Å². The van der Waals surface area contributed by atoms with Gasteiger partial charge in [-0.05, 0) is 31.7 Å². The minimum atomic E-state index is -0.127. The third-order valence-corrected chi connectivity index (χ3v) is 3.34. The van der Waals surface area contributed by atoms with Crippen LogP contribution in [-0.2, 0) is 0 Å². The lowest BCUT2D eigenvalue weighted by Gasteiger charge is -2.32. The fourth-order valence-electron chi connectivity index (χ4n) is 2.10. The Hall–Kier alpha value is -1.63. The molecule has 0 aliphatic carbocycles. The van der Waals surface area contributed by atoms with Gasteiger partial charge in [-0.2, -0.15) is 0 Å². The summed E-state index contributed by atoms with van der Waals surface area (Å²) in [6.45, 7) is 5.54. The van der Waals surface area contributed by atoms with E-state index in [4.69, 9.17) is 5.84 Å². The zero-order valence-corrected chi connectivity index (χ0v) is 11.4. The number of hydrazine groups is 2. The number of amides is 1. The Balaban J connectivity index is 2.03. The van der Waals surface area contributed by atoms with E-state index in [9.17, 15) is 4.79 Å². The number of likely N-dealkylation sites (N-methyl/N-ethyl adjacent to an activating group) is 1. The van der Waals surface area contributed by atoms with Crippen LogP contribution in [0, 0.1) is 6.92 Å². The summed E-state index contributed by atoms with van der Waals surface area (Å²) in [5.74, 6) is 5.33. The third-order valence-electron chi connectivity index (χ3n) is 3.34. The summed E-state index contributed by atoms with van der Waals surface area (Å²) < 4.78 is 0. The topological polar surface area (TPSA) is 73.6 Å². The molecule has 6 nitrogen and oxygen atoms in total. The molecule has 0 radical (unpaired) electrons. The first-order valence-corrected chi connectivity index (χ1v) is 6.42. The second-order valence-corrected chi connectivity index (χ2v) is 4.92. The molecule has 0 atom stereocenters. The fourth-order valence-corrected chi connectivity index (χ4v) is 2.10. The Bertz CT molecular complexity index is 454. The van der Waals surface area contributed by atoms with Gasteiger partial charge in [-0.3, -0.25) is 16.1 Å². The van der Waals surface area contributed by atoms with Crippen LogP contribution in [0.15, 0.2) is 18.2 Å². The van der Waals surface area contributed by atoms with Gasteiger partial charge < -0.3 is 10.3 Å². The van der Waals surface area contributed by atoms with Crippen molar-refractivity contribution in [3.8, 4) is 0 Å². The number of nitrogen functional groups attached to an aromatic ring is 1. The Kier molecular flexibility index (Phi) is 4.36. The van der Waals surface area contributed by atoms with Crippen molar-refractivity contribution >= 4 is 11.6 Å². The molecule has 0 unspecified atom stereocenters. The molecule has 6 heteroatoms. The minimum absolute atomic E-state index is 0.127. The summed E-state index contributed by atoms with van der Waals surface area (Å²) in [7, 11) is 2.08. The van der Waals surface area contributed by atoms with Gasteiger partial charge in [-0.25, -0.2) is 5.01 Å². The average Bonchev–Trinajstić information content (AvgIpc) is 2.41. The van der Waals surface area contributed by atoms with Crippen LogP contribution in [0.1, 0.15) is 15.9 Å².